The molecule has 17 heavy (non-hydrogen) atoms. The second kappa shape index (κ2) is 5.62. The van der Waals surface area contributed by atoms with E-state index in [4.69, 9.17) is 9.84 Å². The minimum Gasteiger partial charge on any atom is -0.477 e. The van der Waals surface area contributed by atoms with Gasteiger partial charge in [0.25, 0.3) is 0 Å². The van der Waals surface area contributed by atoms with Crippen molar-refractivity contribution in [1.82, 2.24) is 5.32 Å². The van der Waals surface area contributed by atoms with E-state index in [0.717, 1.165) is 30.9 Å². The number of aromatic carboxylic acids is 1. The molecule has 0 bridgehead atoms. The molecule has 0 spiro atoms. The molecule has 0 saturated carbocycles. The number of carbonyl (C=O) groups is 1. The summed E-state index contributed by atoms with van der Waals surface area (Å²) in [5, 5.41) is 12.3. The molecule has 1 aromatic heterocycles. The maximum atomic E-state index is 10.7. The quantitative estimate of drug-likeness (QED) is 0.865. The highest BCUT2D eigenvalue weighted by molar-refractivity contribution is 7.13. The van der Waals surface area contributed by atoms with Gasteiger partial charge in [0, 0.05) is 24.1 Å². The van der Waals surface area contributed by atoms with Gasteiger partial charge in [0.15, 0.2) is 0 Å². The Balaban J connectivity index is 1.82. The molecule has 2 unspecified atom stereocenters. The van der Waals surface area contributed by atoms with Crippen LogP contribution in [0.2, 0.25) is 0 Å². The van der Waals surface area contributed by atoms with Gasteiger partial charge in [-0.15, -0.1) is 11.3 Å². The Morgan fingerprint density at radius 3 is 3.12 bits per heavy atom. The normalized spacial score (nSPS) is 24.8. The van der Waals surface area contributed by atoms with Gasteiger partial charge >= 0.3 is 5.97 Å². The molecule has 0 amide bonds. The summed E-state index contributed by atoms with van der Waals surface area (Å²) in [5.74, 6) is -0.846. The molecule has 94 valence electrons. The van der Waals surface area contributed by atoms with Crippen LogP contribution < -0.4 is 5.32 Å². The van der Waals surface area contributed by atoms with Crippen molar-refractivity contribution in [2.75, 3.05) is 6.61 Å². The summed E-state index contributed by atoms with van der Waals surface area (Å²) < 4.78 is 5.48. The number of carboxylic acid groups (broad SMARTS) is 1. The maximum Gasteiger partial charge on any atom is 0.345 e. The first-order valence-electron chi connectivity index (χ1n) is 5.82. The van der Waals surface area contributed by atoms with Gasteiger partial charge < -0.3 is 15.2 Å². The van der Waals surface area contributed by atoms with Crippen LogP contribution in [0.15, 0.2) is 12.1 Å². The third-order valence-corrected chi connectivity index (χ3v) is 4.00. The van der Waals surface area contributed by atoms with Crippen LogP contribution in [-0.2, 0) is 11.3 Å². The highest BCUT2D eigenvalue weighted by Crippen LogP contribution is 2.18. The average molecular weight is 255 g/mol. The SMILES string of the molecule is CC1CC(NCc2ccc(C(=O)O)s2)CCO1. The van der Waals surface area contributed by atoms with Crippen molar-refractivity contribution in [2.24, 2.45) is 0 Å². The number of thiophene rings is 1. The van der Waals surface area contributed by atoms with Crippen LogP contribution in [0.4, 0.5) is 0 Å². The zero-order valence-corrected chi connectivity index (χ0v) is 10.6. The fourth-order valence-corrected chi connectivity index (χ4v) is 2.81. The standard InChI is InChI=1S/C12H17NO3S/c1-8-6-9(4-5-16-8)13-7-10-2-3-11(17-10)12(14)15/h2-3,8-9,13H,4-7H2,1H3,(H,14,15). The van der Waals surface area contributed by atoms with E-state index in [9.17, 15) is 4.79 Å². The Labute approximate surface area is 105 Å². The van der Waals surface area contributed by atoms with E-state index in [0.29, 0.717) is 17.0 Å². The van der Waals surface area contributed by atoms with Gasteiger partial charge in [-0.3, -0.25) is 0 Å². The van der Waals surface area contributed by atoms with Crippen molar-refractivity contribution >= 4 is 17.3 Å². The molecule has 1 aliphatic rings. The Kier molecular flexibility index (Phi) is 4.15. The Morgan fingerprint density at radius 1 is 1.65 bits per heavy atom. The largest absolute Gasteiger partial charge is 0.477 e. The van der Waals surface area contributed by atoms with Crippen molar-refractivity contribution in [1.29, 1.82) is 0 Å². The number of ether oxygens (including phenoxy) is 1. The molecule has 5 heteroatoms. The maximum absolute atomic E-state index is 10.7. The minimum atomic E-state index is -0.846. The summed E-state index contributed by atoms with van der Waals surface area (Å²) >= 11 is 1.34. The molecule has 2 N–H and O–H groups in total. The van der Waals surface area contributed by atoms with Crippen LogP contribution in [0.1, 0.15) is 34.3 Å². The molecule has 2 rings (SSSR count). The van der Waals surface area contributed by atoms with Crippen LogP contribution in [0.5, 0.6) is 0 Å². The average Bonchev–Trinajstić information content (AvgIpc) is 2.75. The zero-order chi connectivity index (χ0) is 12.3. The molecule has 2 heterocycles. The lowest BCUT2D eigenvalue weighted by Crippen LogP contribution is -2.37. The molecule has 0 aliphatic carbocycles. The minimum absolute atomic E-state index is 0.319. The van der Waals surface area contributed by atoms with E-state index in [1.165, 1.54) is 11.3 Å². The molecule has 4 nitrogen and oxygen atoms in total. The van der Waals surface area contributed by atoms with Gasteiger partial charge in [0.05, 0.1) is 6.10 Å². The van der Waals surface area contributed by atoms with Crippen LogP contribution in [-0.4, -0.2) is 29.8 Å². The topological polar surface area (TPSA) is 58.6 Å². The number of hydrogen-bond acceptors (Lipinski definition) is 4. The highest BCUT2D eigenvalue weighted by atomic mass is 32.1. The zero-order valence-electron chi connectivity index (χ0n) is 9.81. The summed E-state index contributed by atoms with van der Waals surface area (Å²) in [5.41, 5.74) is 0. The number of hydrogen-bond donors (Lipinski definition) is 2. The number of rotatable bonds is 4. The van der Waals surface area contributed by atoms with E-state index in [-0.39, 0.29) is 0 Å². The van der Waals surface area contributed by atoms with Crippen molar-refractivity contribution in [2.45, 2.75) is 38.5 Å². The van der Waals surface area contributed by atoms with Crippen LogP contribution in [0, 0.1) is 0 Å². The van der Waals surface area contributed by atoms with Gasteiger partial charge in [-0.05, 0) is 31.9 Å². The lowest BCUT2D eigenvalue weighted by atomic mass is 10.0. The number of carboxylic acids is 1. The number of nitrogens with one attached hydrogen (secondary N) is 1. The Hall–Kier alpha value is -0.910. The van der Waals surface area contributed by atoms with Gasteiger partial charge in [-0.1, -0.05) is 0 Å². The molecule has 1 aliphatic heterocycles. The first kappa shape index (κ1) is 12.5. The fourth-order valence-electron chi connectivity index (χ4n) is 2.02. The third kappa shape index (κ3) is 3.52. The van der Waals surface area contributed by atoms with Crippen LogP contribution in [0.3, 0.4) is 0 Å². The van der Waals surface area contributed by atoms with E-state index in [1.54, 1.807) is 6.07 Å². The van der Waals surface area contributed by atoms with Gasteiger partial charge in [0.2, 0.25) is 0 Å². The van der Waals surface area contributed by atoms with E-state index >= 15 is 0 Å². The third-order valence-electron chi connectivity index (χ3n) is 2.92. The summed E-state index contributed by atoms with van der Waals surface area (Å²) in [6, 6.07) is 4.02. The van der Waals surface area contributed by atoms with Gasteiger partial charge in [0.1, 0.15) is 4.88 Å². The van der Waals surface area contributed by atoms with Gasteiger partial charge in [-0.25, -0.2) is 4.79 Å². The molecule has 1 saturated heterocycles. The Morgan fingerprint density at radius 2 is 2.47 bits per heavy atom. The van der Waals surface area contributed by atoms with Crippen molar-refractivity contribution in [3.63, 3.8) is 0 Å². The molecule has 2 atom stereocenters. The van der Waals surface area contributed by atoms with Crippen molar-refractivity contribution < 1.29 is 14.6 Å². The second-order valence-corrected chi connectivity index (χ2v) is 5.52. The lowest BCUT2D eigenvalue weighted by molar-refractivity contribution is 0.0131. The molecular weight excluding hydrogens is 238 g/mol. The summed E-state index contributed by atoms with van der Waals surface area (Å²) in [4.78, 5) is 12.2. The smallest absolute Gasteiger partial charge is 0.345 e. The van der Waals surface area contributed by atoms with E-state index in [1.807, 2.05) is 6.07 Å². The van der Waals surface area contributed by atoms with Crippen molar-refractivity contribution in [3.8, 4) is 0 Å². The molecular formula is C12H17NO3S. The summed E-state index contributed by atoms with van der Waals surface area (Å²) in [6.07, 6.45) is 2.37. The molecule has 0 radical (unpaired) electrons. The molecule has 1 fully saturated rings. The van der Waals surface area contributed by atoms with Crippen LogP contribution >= 0.6 is 11.3 Å². The van der Waals surface area contributed by atoms with Crippen LogP contribution in [0.25, 0.3) is 0 Å². The lowest BCUT2D eigenvalue weighted by Gasteiger charge is -2.27. The Bertz CT molecular complexity index is 391. The fraction of sp³-hybridized carbons (Fsp3) is 0.583. The predicted octanol–water partition coefficient (Wildman–Crippen LogP) is 2.10. The summed E-state index contributed by atoms with van der Waals surface area (Å²) in [6.45, 7) is 3.64. The van der Waals surface area contributed by atoms with Crippen molar-refractivity contribution in [3.05, 3.63) is 21.9 Å². The second-order valence-electron chi connectivity index (χ2n) is 4.35. The first-order chi connectivity index (χ1) is 8.15. The summed E-state index contributed by atoms with van der Waals surface area (Å²) in [7, 11) is 0. The predicted molar refractivity (Wildman–Crippen MR) is 66.6 cm³/mol. The van der Waals surface area contributed by atoms with Gasteiger partial charge in [-0.2, -0.15) is 0 Å². The van der Waals surface area contributed by atoms with E-state index < -0.39 is 5.97 Å². The highest BCUT2D eigenvalue weighted by Gasteiger charge is 2.18. The molecule has 1 aromatic rings. The van der Waals surface area contributed by atoms with E-state index in [2.05, 4.69) is 12.2 Å². The first-order valence-corrected chi connectivity index (χ1v) is 6.64. The monoisotopic (exact) mass is 255 g/mol. The molecule has 0 aromatic carbocycles.